The molecule has 1 rings (SSSR count). The number of benzene rings is 1. The number of hydrogen-bond donors (Lipinski definition) is 1. The minimum Gasteiger partial charge on any atom is -0.385 e. The Kier molecular flexibility index (Phi) is 13.5. The Labute approximate surface area is 144 Å². The zero-order valence-electron chi connectivity index (χ0n) is 14.9. The maximum absolute atomic E-state index is 3.58. The summed E-state index contributed by atoms with van der Waals surface area (Å²) in [7, 11) is 0. The Balaban J connectivity index is 0.00000441. The van der Waals surface area contributed by atoms with Crippen LogP contribution in [0.15, 0.2) is 18.2 Å². The van der Waals surface area contributed by atoms with E-state index in [1.807, 2.05) is 0 Å². The van der Waals surface area contributed by atoms with E-state index in [1.54, 1.807) is 0 Å². The number of rotatable bonds is 12. The molecule has 128 valence electrons. The molecule has 0 aliphatic heterocycles. The predicted molar refractivity (Wildman–Crippen MR) is 103 cm³/mol. The van der Waals surface area contributed by atoms with Gasteiger partial charge in [-0.2, -0.15) is 0 Å². The second-order valence-electron chi connectivity index (χ2n) is 6.43. The van der Waals surface area contributed by atoms with Gasteiger partial charge >= 0.3 is 0 Å². The molecule has 0 radical (unpaired) electrons. The minimum atomic E-state index is 0. The molecule has 0 spiro atoms. The number of aryl methyl sites for hydroxylation is 2. The van der Waals surface area contributed by atoms with Gasteiger partial charge in [-0.3, -0.25) is 0 Å². The molecule has 0 amide bonds. The highest BCUT2D eigenvalue weighted by Crippen LogP contribution is 2.16. The quantitative estimate of drug-likeness (QED) is 0.406. The summed E-state index contributed by atoms with van der Waals surface area (Å²) in [4.78, 5) is 0. The van der Waals surface area contributed by atoms with Crippen molar-refractivity contribution in [3.8, 4) is 0 Å². The number of hydrogen-bond acceptors (Lipinski definition) is 1. The molecular formula is C20H36ClN. The second kappa shape index (κ2) is 13.9. The number of halogens is 1. The summed E-state index contributed by atoms with van der Waals surface area (Å²) in [6.07, 6.45) is 14.0. The molecule has 0 aromatic heterocycles. The van der Waals surface area contributed by atoms with Crippen LogP contribution in [0.1, 0.15) is 82.3 Å². The second-order valence-corrected chi connectivity index (χ2v) is 6.43. The van der Waals surface area contributed by atoms with E-state index in [-0.39, 0.29) is 12.4 Å². The molecule has 1 N–H and O–H groups in total. The first-order valence-electron chi connectivity index (χ1n) is 9.05. The number of anilines is 1. The first-order valence-corrected chi connectivity index (χ1v) is 9.05. The van der Waals surface area contributed by atoms with Gasteiger partial charge in [0.15, 0.2) is 0 Å². The third-order valence-electron chi connectivity index (χ3n) is 4.24. The standard InChI is InChI=1S/C20H35N.ClH/c1-4-5-6-7-8-9-10-11-12-13-16-21-20-17-18(2)14-15-19(20)3;/h14-15,17,21H,4-13,16H2,1-3H3;1H. The van der Waals surface area contributed by atoms with Gasteiger partial charge < -0.3 is 5.32 Å². The average molecular weight is 326 g/mol. The summed E-state index contributed by atoms with van der Waals surface area (Å²) in [6.45, 7) is 7.73. The maximum atomic E-state index is 3.58. The molecule has 22 heavy (non-hydrogen) atoms. The number of nitrogens with one attached hydrogen (secondary N) is 1. The third-order valence-corrected chi connectivity index (χ3v) is 4.24. The van der Waals surface area contributed by atoms with Crippen molar-refractivity contribution in [2.45, 2.75) is 85.0 Å². The topological polar surface area (TPSA) is 12.0 Å². The molecule has 0 aliphatic rings. The monoisotopic (exact) mass is 325 g/mol. The highest BCUT2D eigenvalue weighted by molar-refractivity contribution is 5.85. The Bertz CT molecular complexity index is 376. The molecule has 0 saturated carbocycles. The summed E-state index contributed by atoms with van der Waals surface area (Å²) < 4.78 is 0. The molecule has 1 aromatic carbocycles. The van der Waals surface area contributed by atoms with Crippen molar-refractivity contribution in [3.63, 3.8) is 0 Å². The van der Waals surface area contributed by atoms with Gasteiger partial charge in [0.05, 0.1) is 0 Å². The molecule has 0 unspecified atom stereocenters. The van der Waals surface area contributed by atoms with Crippen molar-refractivity contribution in [2.75, 3.05) is 11.9 Å². The predicted octanol–water partition coefficient (Wildman–Crippen LogP) is 7.06. The van der Waals surface area contributed by atoms with Crippen LogP contribution in [0.25, 0.3) is 0 Å². The van der Waals surface area contributed by atoms with Gasteiger partial charge in [0.2, 0.25) is 0 Å². The van der Waals surface area contributed by atoms with Crippen LogP contribution >= 0.6 is 12.4 Å². The Morgan fingerprint density at radius 3 is 1.91 bits per heavy atom. The average Bonchev–Trinajstić information content (AvgIpc) is 2.48. The van der Waals surface area contributed by atoms with Gasteiger partial charge in [-0.25, -0.2) is 0 Å². The van der Waals surface area contributed by atoms with Crippen molar-refractivity contribution in [2.24, 2.45) is 0 Å². The Morgan fingerprint density at radius 2 is 1.32 bits per heavy atom. The molecule has 0 heterocycles. The Hall–Kier alpha value is -0.690. The van der Waals surface area contributed by atoms with Crippen molar-refractivity contribution in [1.82, 2.24) is 0 Å². The van der Waals surface area contributed by atoms with E-state index < -0.39 is 0 Å². The van der Waals surface area contributed by atoms with E-state index in [1.165, 1.54) is 81.0 Å². The highest BCUT2D eigenvalue weighted by atomic mass is 35.5. The van der Waals surface area contributed by atoms with Crippen LogP contribution in [0.2, 0.25) is 0 Å². The van der Waals surface area contributed by atoms with Crippen molar-refractivity contribution >= 4 is 18.1 Å². The summed E-state index contributed by atoms with van der Waals surface area (Å²) in [6, 6.07) is 6.64. The molecule has 0 saturated heterocycles. The van der Waals surface area contributed by atoms with E-state index >= 15 is 0 Å². The molecule has 2 heteroatoms. The molecule has 1 nitrogen and oxygen atoms in total. The molecular weight excluding hydrogens is 290 g/mol. The van der Waals surface area contributed by atoms with Crippen LogP contribution in [0.5, 0.6) is 0 Å². The van der Waals surface area contributed by atoms with E-state index in [0.29, 0.717) is 0 Å². The minimum absolute atomic E-state index is 0. The van der Waals surface area contributed by atoms with Gasteiger partial charge in [0.25, 0.3) is 0 Å². The van der Waals surface area contributed by atoms with E-state index in [2.05, 4.69) is 44.3 Å². The molecule has 0 atom stereocenters. The molecule has 0 fully saturated rings. The fraction of sp³-hybridized carbons (Fsp3) is 0.700. The summed E-state index contributed by atoms with van der Waals surface area (Å²) in [5.74, 6) is 0. The lowest BCUT2D eigenvalue weighted by Gasteiger charge is -2.10. The fourth-order valence-corrected chi connectivity index (χ4v) is 2.76. The van der Waals surface area contributed by atoms with Crippen LogP contribution in [0.4, 0.5) is 5.69 Å². The summed E-state index contributed by atoms with van der Waals surface area (Å²) in [5.41, 5.74) is 4.00. The zero-order chi connectivity index (χ0) is 15.3. The van der Waals surface area contributed by atoms with Gasteiger partial charge in [-0.05, 0) is 37.5 Å². The lowest BCUT2D eigenvalue weighted by molar-refractivity contribution is 0.560. The summed E-state index contributed by atoms with van der Waals surface area (Å²) in [5, 5.41) is 3.58. The lowest BCUT2D eigenvalue weighted by Crippen LogP contribution is -2.03. The van der Waals surface area contributed by atoms with Crippen LogP contribution in [0.3, 0.4) is 0 Å². The normalized spacial score (nSPS) is 10.3. The molecule has 0 bridgehead atoms. The van der Waals surface area contributed by atoms with Crippen LogP contribution in [-0.4, -0.2) is 6.54 Å². The van der Waals surface area contributed by atoms with Crippen LogP contribution in [-0.2, 0) is 0 Å². The van der Waals surface area contributed by atoms with Crippen molar-refractivity contribution in [3.05, 3.63) is 29.3 Å². The fourth-order valence-electron chi connectivity index (χ4n) is 2.76. The lowest BCUT2D eigenvalue weighted by atomic mass is 10.1. The first kappa shape index (κ1) is 21.3. The van der Waals surface area contributed by atoms with Gasteiger partial charge in [-0.15, -0.1) is 12.4 Å². The zero-order valence-corrected chi connectivity index (χ0v) is 15.7. The third kappa shape index (κ3) is 10.1. The van der Waals surface area contributed by atoms with Crippen LogP contribution in [0, 0.1) is 13.8 Å². The van der Waals surface area contributed by atoms with E-state index in [0.717, 1.165) is 6.54 Å². The Morgan fingerprint density at radius 1 is 0.773 bits per heavy atom. The molecule has 1 aromatic rings. The molecule has 0 aliphatic carbocycles. The SMILES string of the molecule is CCCCCCCCCCCCNc1cc(C)ccc1C.Cl. The van der Waals surface area contributed by atoms with Gasteiger partial charge in [-0.1, -0.05) is 76.8 Å². The highest BCUT2D eigenvalue weighted by Gasteiger charge is 1.98. The first-order chi connectivity index (χ1) is 10.2. The number of unbranched alkanes of at least 4 members (excludes halogenated alkanes) is 9. The van der Waals surface area contributed by atoms with Gasteiger partial charge in [0, 0.05) is 12.2 Å². The van der Waals surface area contributed by atoms with E-state index in [4.69, 9.17) is 0 Å². The van der Waals surface area contributed by atoms with E-state index in [9.17, 15) is 0 Å². The smallest absolute Gasteiger partial charge is 0.0372 e. The van der Waals surface area contributed by atoms with Crippen molar-refractivity contribution in [1.29, 1.82) is 0 Å². The summed E-state index contributed by atoms with van der Waals surface area (Å²) >= 11 is 0. The van der Waals surface area contributed by atoms with Gasteiger partial charge in [0.1, 0.15) is 0 Å². The maximum Gasteiger partial charge on any atom is 0.0372 e. The van der Waals surface area contributed by atoms with Crippen LogP contribution < -0.4 is 5.32 Å². The van der Waals surface area contributed by atoms with Crippen molar-refractivity contribution < 1.29 is 0 Å². The largest absolute Gasteiger partial charge is 0.385 e.